The van der Waals surface area contributed by atoms with Crippen molar-refractivity contribution in [3.63, 3.8) is 0 Å². The van der Waals surface area contributed by atoms with Gasteiger partial charge in [0.05, 0.1) is 0 Å². The minimum atomic E-state index is -0.998. The Bertz CT molecular complexity index is 139. The van der Waals surface area contributed by atoms with Crippen LogP contribution in [0.3, 0.4) is 0 Å². The first-order valence-corrected chi connectivity index (χ1v) is 3.40. The monoisotopic (exact) mass is 161 g/mol. The molecule has 1 atom stereocenters. The van der Waals surface area contributed by atoms with E-state index in [0.717, 1.165) is 0 Å². The van der Waals surface area contributed by atoms with E-state index in [-0.39, 0.29) is 5.54 Å². The van der Waals surface area contributed by atoms with Crippen molar-refractivity contribution in [1.82, 2.24) is 5.32 Å². The maximum atomic E-state index is 10.4. The van der Waals surface area contributed by atoms with Crippen LogP contribution in [0.4, 0.5) is 0 Å². The Balaban J connectivity index is 3.99. The largest absolute Gasteiger partial charge is 0.478 e. The highest BCUT2D eigenvalue weighted by atomic mass is 16.5. The summed E-state index contributed by atoms with van der Waals surface area (Å²) in [6.07, 6.45) is -0.921. The molecule has 0 amide bonds. The number of carboxylic acid groups (broad SMARTS) is 1. The van der Waals surface area contributed by atoms with Crippen molar-refractivity contribution in [2.24, 2.45) is 0 Å². The van der Waals surface area contributed by atoms with Crippen molar-refractivity contribution in [3.8, 4) is 0 Å². The van der Waals surface area contributed by atoms with Gasteiger partial charge in [0.15, 0.2) is 0 Å². The van der Waals surface area contributed by atoms with Gasteiger partial charge in [-0.2, -0.15) is 0 Å². The minimum absolute atomic E-state index is 0.251. The summed E-state index contributed by atoms with van der Waals surface area (Å²) in [6, 6.07) is 0. The number of carboxylic acids is 1. The number of methoxy groups -OCH3 is 1. The van der Waals surface area contributed by atoms with Crippen molar-refractivity contribution in [1.29, 1.82) is 0 Å². The van der Waals surface area contributed by atoms with Gasteiger partial charge in [0.1, 0.15) is 0 Å². The van der Waals surface area contributed by atoms with Gasteiger partial charge in [-0.1, -0.05) is 0 Å². The average molecular weight is 161 g/mol. The first kappa shape index (κ1) is 10.4. The highest BCUT2D eigenvalue weighted by Crippen LogP contribution is 2.01. The van der Waals surface area contributed by atoms with E-state index in [1.807, 2.05) is 20.8 Å². The number of aliphatic carboxylic acids is 1. The number of hydrogen-bond donors (Lipinski definition) is 2. The maximum Gasteiger partial charge on any atom is 0.348 e. The van der Waals surface area contributed by atoms with E-state index < -0.39 is 12.2 Å². The van der Waals surface area contributed by atoms with Crippen molar-refractivity contribution >= 4 is 5.97 Å². The van der Waals surface area contributed by atoms with Crippen LogP contribution >= 0.6 is 0 Å². The molecule has 0 aliphatic carbocycles. The molecule has 4 heteroatoms. The van der Waals surface area contributed by atoms with Gasteiger partial charge in [0, 0.05) is 12.6 Å². The van der Waals surface area contributed by atoms with Gasteiger partial charge < -0.3 is 9.84 Å². The van der Waals surface area contributed by atoms with Gasteiger partial charge in [-0.15, -0.1) is 0 Å². The summed E-state index contributed by atoms with van der Waals surface area (Å²) in [5.41, 5.74) is -0.251. The third kappa shape index (κ3) is 4.75. The third-order valence-corrected chi connectivity index (χ3v) is 1.02. The Morgan fingerprint density at radius 3 is 2.09 bits per heavy atom. The van der Waals surface area contributed by atoms with E-state index in [0.29, 0.717) is 0 Å². The highest BCUT2D eigenvalue weighted by molar-refractivity contribution is 5.71. The minimum Gasteiger partial charge on any atom is -0.478 e. The lowest BCUT2D eigenvalue weighted by molar-refractivity contribution is -0.151. The summed E-state index contributed by atoms with van der Waals surface area (Å²) in [4.78, 5) is 10.4. The normalized spacial score (nSPS) is 14.5. The van der Waals surface area contributed by atoms with Gasteiger partial charge in [-0.3, -0.25) is 5.32 Å². The Morgan fingerprint density at radius 2 is 2.00 bits per heavy atom. The van der Waals surface area contributed by atoms with Crippen LogP contribution in [0, 0.1) is 0 Å². The molecular formula is C7H15NO3. The van der Waals surface area contributed by atoms with Crippen LogP contribution in [0.1, 0.15) is 20.8 Å². The molecule has 0 fully saturated rings. The number of ether oxygens (including phenoxy) is 1. The van der Waals surface area contributed by atoms with Crippen molar-refractivity contribution in [3.05, 3.63) is 0 Å². The maximum absolute atomic E-state index is 10.4. The zero-order chi connectivity index (χ0) is 9.07. The summed E-state index contributed by atoms with van der Waals surface area (Å²) in [5.74, 6) is -0.998. The van der Waals surface area contributed by atoms with E-state index in [2.05, 4.69) is 10.1 Å². The molecule has 66 valence electrons. The first-order valence-electron chi connectivity index (χ1n) is 3.40. The topological polar surface area (TPSA) is 58.6 Å². The molecule has 0 aromatic rings. The molecular weight excluding hydrogens is 146 g/mol. The number of rotatable bonds is 3. The number of nitrogens with one attached hydrogen (secondary N) is 1. The lowest BCUT2D eigenvalue weighted by Gasteiger charge is -2.24. The van der Waals surface area contributed by atoms with Crippen LogP contribution in [0.15, 0.2) is 0 Å². The van der Waals surface area contributed by atoms with Crippen LogP contribution in [-0.2, 0) is 9.53 Å². The molecule has 1 unspecified atom stereocenters. The highest BCUT2D eigenvalue weighted by Gasteiger charge is 2.21. The molecule has 0 rings (SSSR count). The molecule has 0 saturated heterocycles. The predicted molar refractivity (Wildman–Crippen MR) is 41.3 cm³/mol. The van der Waals surface area contributed by atoms with Gasteiger partial charge in [0.25, 0.3) is 0 Å². The first-order chi connectivity index (χ1) is 4.87. The van der Waals surface area contributed by atoms with Crippen LogP contribution in [0.2, 0.25) is 0 Å². The van der Waals surface area contributed by atoms with E-state index >= 15 is 0 Å². The summed E-state index contributed by atoms with van der Waals surface area (Å²) in [7, 11) is 1.36. The summed E-state index contributed by atoms with van der Waals surface area (Å²) in [6.45, 7) is 5.63. The molecule has 0 saturated carbocycles. The molecule has 4 nitrogen and oxygen atoms in total. The quantitative estimate of drug-likeness (QED) is 0.589. The SMILES string of the molecule is COC(NC(C)(C)C)C(=O)O. The summed E-state index contributed by atoms with van der Waals surface area (Å²) >= 11 is 0. The van der Waals surface area contributed by atoms with E-state index in [1.54, 1.807) is 0 Å². The van der Waals surface area contributed by atoms with Crippen LogP contribution in [-0.4, -0.2) is 30.0 Å². The van der Waals surface area contributed by atoms with Crippen molar-refractivity contribution in [2.75, 3.05) is 7.11 Å². The lowest BCUT2D eigenvalue weighted by atomic mass is 10.1. The summed E-state index contributed by atoms with van der Waals surface area (Å²) in [5, 5.41) is 11.3. The van der Waals surface area contributed by atoms with Crippen LogP contribution in [0.5, 0.6) is 0 Å². The molecule has 0 spiro atoms. The Hall–Kier alpha value is -0.610. The number of carbonyl (C=O) groups is 1. The van der Waals surface area contributed by atoms with Crippen LogP contribution < -0.4 is 5.32 Å². The molecule has 11 heavy (non-hydrogen) atoms. The molecule has 0 heterocycles. The molecule has 2 N–H and O–H groups in total. The zero-order valence-corrected chi connectivity index (χ0v) is 7.34. The average Bonchev–Trinajstić information content (AvgIpc) is 1.80. The fraction of sp³-hybridized carbons (Fsp3) is 0.857. The van der Waals surface area contributed by atoms with Gasteiger partial charge in [0.2, 0.25) is 6.23 Å². The van der Waals surface area contributed by atoms with E-state index in [9.17, 15) is 4.79 Å². The second-order valence-corrected chi connectivity index (χ2v) is 3.35. The Labute approximate surface area is 66.5 Å². The van der Waals surface area contributed by atoms with Crippen molar-refractivity contribution < 1.29 is 14.6 Å². The van der Waals surface area contributed by atoms with Gasteiger partial charge in [-0.05, 0) is 20.8 Å². The van der Waals surface area contributed by atoms with E-state index in [4.69, 9.17) is 5.11 Å². The Kier molecular flexibility index (Phi) is 3.48. The summed E-state index contributed by atoms with van der Waals surface area (Å²) < 4.78 is 4.68. The van der Waals surface area contributed by atoms with Gasteiger partial charge in [-0.25, -0.2) is 4.79 Å². The molecule has 0 bridgehead atoms. The lowest BCUT2D eigenvalue weighted by Crippen LogP contribution is -2.48. The second kappa shape index (κ2) is 3.69. The van der Waals surface area contributed by atoms with Crippen molar-refractivity contribution in [2.45, 2.75) is 32.5 Å². The van der Waals surface area contributed by atoms with Crippen LogP contribution in [0.25, 0.3) is 0 Å². The molecule has 0 aliphatic rings. The molecule has 0 radical (unpaired) electrons. The molecule has 0 aromatic heterocycles. The number of hydrogen-bond acceptors (Lipinski definition) is 3. The molecule has 0 aliphatic heterocycles. The van der Waals surface area contributed by atoms with Gasteiger partial charge >= 0.3 is 5.97 Å². The fourth-order valence-electron chi connectivity index (χ4n) is 0.615. The fourth-order valence-corrected chi connectivity index (χ4v) is 0.615. The zero-order valence-electron chi connectivity index (χ0n) is 7.34. The smallest absolute Gasteiger partial charge is 0.348 e. The predicted octanol–water partition coefficient (Wildman–Crippen LogP) is 0.432. The third-order valence-electron chi connectivity index (χ3n) is 1.02. The van der Waals surface area contributed by atoms with E-state index in [1.165, 1.54) is 7.11 Å². The molecule has 0 aromatic carbocycles. The Morgan fingerprint density at radius 1 is 1.55 bits per heavy atom. The second-order valence-electron chi connectivity index (χ2n) is 3.35. The standard InChI is InChI=1S/C7H15NO3/c1-7(2,3)8-5(11-4)6(9)10/h5,8H,1-4H3,(H,9,10).